The summed E-state index contributed by atoms with van der Waals surface area (Å²) >= 11 is 0. The first-order chi connectivity index (χ1) is 8.11. The molecule has 0 bridgehead atoms. The van der Waals surface area contributed by atoms with Gasteiger partial charge >= 0.3 is 0 Å². The molecule has 0 aromatic carbocycles. The number of amides is 2. The lowest BCUT2D eigenvalue weighted by atomic mass is 9.93. The summed E-state index contributed by atoms with van der Waals surface area (Å²) in [5.41, 5.74) is 5.30. The van der Waals surface area contributed by atoms with Gasteiger partial charge in [-0.1, -0.05) is 6.92 Å². The molecule has 0 unspecified atom stereocenters. The van der Waals surface area contributed by atoms with Crippen molar-refractivity contribution < 1.29 is 9.59 Å². The van der Waals surface area contributed by atoms with Gasteiger partial charge in [-0.05, 0) is 25.9 Å². The lowest BCUT2D eigenvalue weighted by molar-refractivity contribution is -0.138. The third kappa shape index (κ3) is 2.60. The predicted molar refractivity (Wildman–Crippen MR) is 64.2 cm³/mol. The Morgan fingerprint density at radius 2 is 1.82 bits per heavy atom. The molecule has 96 valence electrons. The second-order valence-electron chi connectivity index (χ2n) is 5.02. The molecule has 0 saturated carbocycles. The molecule has 0 atom stereocenters. The molecule has 2 amide bonds. The van der Waals surface area contributed by atoms with Gasteiger partial charge in [0.2, 0.25) is 11.8 Å². The number of carbonyl (C=O) groups excluding carboxylic acids is 2. The molecule has 2 aliphatic rings. The van der Waals surface area contributed by atoms with Crippen molar-refractivity contribution in [2.24, 2.45) is 11.7 Å². The first-order valence-corrected chi connectivity index (χ1v) is 6.43. The number of carbonyl (C=O) groups is 2. The van der Waals surface area contributed by atoms with Crippen molar-refractivity contribution in [3.63, 3.8) is 0 Å². The fourth-order valence-corrected chi connectivity index (χ4v) is 2.66. The molecule has 2 heterocycles. The van der Waals surface area contributed by atoms with Crippen molar-refractivity contribution in [1.29, 1.82) is 0 Å². The average Bonchev–Trinajstić information content (AvgIpc) is 2.27. The molecule has 5 heteroatoms. The minimum atomic E-state index is -0.166. The first-order valence-electron chi connectivity index (χ1n) is 6.43. The third-order valence-electron chi connectivity index (χ3n) is 3.97. The van der Waals surface area contributed by atoms with Crippen molar-refractivity contribution >= 4 is 11.8 Å². The summed E-state index contributed by atoms with van der Waals surface area (Å²) in [4.78, 5) is 26.8. The van der Waals surface area contributed by atoms with Crippen LogP contribution in [-0.2, 0) is 9.59 Å². The van der Waals surface area contributed by atoms with E-state index in [4.69, 9.17) is 5.73 Å². The van der Waals surface area contributed by atoms with Crippen molar-refractivity contribution in [2.45, 2.75) is 32.2 Å². The van der Waals surface area contributed by atoms with E-state index >= 15 is 0 Å². The highest BCUT2D eigenvalue weighted by atomic mass is 16.2. The van der Waals surface area contributed by atoms with E-state index in [-0.39, 0.29) is 17.7 Å². The topological polar surface area (TPSA) is 66.6 Å². The van der Waals surface area contributed by atoms with E-state index in [9.17, 15) is 9.59 Å². The van der Waals surface area contributed by atoms with Gasteiger partial charge in [0.25, 0.3) is 0 Å². The third-order valence-corrected chi connectivity index (χ3v) is 3.97. The number of rotatable bonds is 3. The van der Waals surface area contributed by atoms with Crippen molar-refractivity contribution in [3.05, 3.63) is 0 Å². The highest BCUT2D eigenvalue weighted by molar-refractivity contribution is 5.77. The Balaban J connectivity index is 1.73. The highest BCUT2D eigenvalue weighted by Crippen LogP contribution is 2.23. The maximum Gasteiger partial charge on any atom is 0.222 e. The van der Waals surface area contributed by atoms with Crippen LogP contribution in [0, 0.1) is 5.92 Å². The number of primary amides is 1. The van der Waals surface area contributed by atoms with Gasteiger partial charge in [0.05, 0.1) is 0 Å². The quantitative estimate of drug-likeness (QED) is 0.742. The molecule has 0 aliphatic carbocycles. The second kappa shape index (κ2) is 5.04. The largest absolute Gasteiger partial charge is 0.369 e. The molecule has 2 aliphatic heterocycles. The van der Waals surface area contributed by atoms with E-state index in [1.165, 1.54) is 0 Å². The number of hydrogen-bond donors (Lipinski definition) is 1. The number of likely N-dealkylation sites (tertiary alicyclic amines) is 2. The molecule has 5 nitrogen and oxygen atoms in total. The van der Waals surface area contributed by atoms with Crippen LogP contribution in [0.25, 0.3) is 0 Å². The zero-order chi connectivity index (χ0) is 12.4. The number of piperidine rings is 1. The normalized spacial score (nSPS) is 23.5. The number of nitrogens with two attached hydrogens (primary N) is 1. The van der Waals surface area contributed by atoms with Crippen LogP contribution in [0.3, 0.4) is 0 Å². The van der Waals surface area contributed by atoms with Gasteiger partial charge in [-0.3, -0.25) is 14.5 Å². The van der Waals surface area contributed by atoms with Gasteiger partial charge in [-0.25, -0.2) is 0 Å². The minimum absolute atomic E-state index is 0.0553. The van der Waals surface area contributed by atoms with E-state index in [0.29, 0.717) is 12.5 Å². The maximum absolute atomic E-state index is 11.4. The van der Waals surface area contributed by atoms with Gasteiger partial charge in [-0.15, -0.1) is 0 Å². The van der Waals surface area contributed by atoms with E-state index in [1.807, 2.05) is 11.8 Å². The molecule has 2 rings (SSSR count). The van der Waals surface area contributed by atoms with E-state index in [1.54, 1.807) is 0 Å². The van der Waals surface area contributed by atoms with Gasteiger partial charge in [0, 0.05) is 31.5 Å². The molecule has 0 aromatic rings. The summed E-state index contributed by atoms with van der Waals surface area (Å²) in [5.74, 6) is 0.133. The Kier molecular flexibility index (Phi) is 3.66. The van der Waals surface area contributed by atoms with Gasteiger partial charge in [0.1, 0.15) is 0 Å². The van der Waals surface area contributed by atoms with Crippen LogP contribution in [0.2, 0.25) is 0 Å². The maximum atomic E-state index is 11.4. The summed E-state index contributed by atoms with van der Waals surface area (Å²) in [6.45, 7) is 5.48. The van der Waals surface area contributed by atoms with Crippen LogP contribution in [-0.4, -0.2) is 53.8 Å². The van der Waals surface area contributed by atoms with Crippen molar-refractivity contribution in [1.82, 2.24) is 9.80 Å². The molecule has 2 fully saturated rings. The van der Waals surface area contributed by atoms with Crippen LogP contribution in [0.5, 0.6) is 0 Å². The van der Waals surface area contributed by atoms with Gasteiger partial charge < -0.3 is 10.6 Å². The average molecular weight is 239 g/mol. The summed E-state index contributed by atoms with van der Waals surface area (Å²) in [7, 11) is 0. The van der Waals surface area contributed by atoms with Crippen LogP contribution in [0.15, 0.2) is 0 Å². The Morgan fingerprint density at radius 1 is 1.24 bits per heavy atom. The standard InChI is InChI=1S/C12H21N3O2/c1-2-11(16)15-7-10(8-15)14-5-3-9(4-6-14)12(13)17/h9-10H,2-8H2,1H3,(H2,13,17). The molecule has 0 radical (unpaired) electrons. The molecule has 17 heavy (non-hydrogen) atoms. The van der Waals surface area contributed by atoms with Crippen LogP contribution < -0.4 is 5.73 Å². The summed E-state index contributed by atoms with van der Waals surface area (Å²) in [6, 6.07) is 0.499. The van der Waals surface area contributed by atoms with Crippen molar-refractivity contribution in [2.75, 3.05) is 26.2 Å². The monoisotopic (exact) mass is 239 g/mol. The predicted octanol–water partition coefficient (Wildman–Crippen LogP) is -0.195. The Labute approximate surface area is 102 Å². The lowest BCUT2D eigenvalue weighted by Gasteiger charge is -2.47. The Hall–Kier alpha value is -1.10. The summed E-state index contributed by atoms with van der Waals surface area (Å²) in [5, 5.41) is 0. The zero-order valence-electron chi connectivity index (χ0n) is 10.4. The zero-order valence-corrected chi connectivity index (χ0v) is 10.4. The van der Waals surface area contributed by atoms with Gasteiger partial charge in [-0.2, -0.15) is 0 Å². The molecule has 0 aromatic heterocycles. The van der Waals surface area contributed by atoms with E-state index < -0.39 is 0 Å². The second-order valence-corrected chi connectivity index (χ2v) is 5.02. The highest BCUT2D eigenvalue weighted by Gasteiger charge is 2.36. The SMILES string of the molecule is CCC(=O)N1CC(N2CCC(C(N)=O)CC2)C1. The lowest BCUT2D eigenvalue weighted by Crippen LogP contribution is -2.62. The van der Waals surface area contributed by atoms with Crippen LogP contribution in [0.4, 0.5) is 0 Å². The minimum Gasteiger partial charge on any atom is -0.369 e. The van der Waals surface area contributed by atoms with E-state index in [2.05, 4.69) is 4.90 Å². The van der Waals surface area contributed by atoms with Gasteiger partial charge in [0.15, 0.2) is 0 Å². The summed E-state index contributed by atoms with van der Waals surface area (Å²) < 4.78 is 0. The fraction of sp³-hybridized carbons (Fsp3) is 0.833. The van der Waals surface area contributed by atoms with Crippen molar-refractivity contribution in [3.8, 4) is 0 Å². The summed E-state index contributed by atoms with van der Waals surface area (Å²) in [6.07, 6.45) is 2.33. The van der Waals surface area contributed by atoms with Crippen LogP contribution >= 0.6 is 0 Å². The van der Waals surface area contributed by atoms with Crippen LogP contribution in [0.1, 0.15) is 26.2 Å². The first kappa shape index (κ1) is 12.4. The molecule has 2 N–H and O–H groups in total. The molecule has 2 saturated heterocycles. The molecular formula is C12H21N3O2. The Bertz CT molecular complexity index is 305. The Morgan fingerprint density at radius 3 is 2.29 bits per heavy atom. The number of hydrogen-bond acceptors (Lipinski definition) is 3. The van der Waals surface area contributed by atoms with E-state index in [0.717, 1.165) is 39.0 Å². The smallest absolute Gasteiger partial charge is 0.222 e. The molecular weight excluding hydrogens is 218 g/mol. The molecule has 0 spiro atoms. The fourth-order valence-electron chi connectivity index (χ4n) is 2.66. The number of nitrogens with zero attached hydrogens (tertiary/aromatic N) is 2.